The van der Waals surface area contributed by atoms with Crippen molar-refractivity contribution in [3.05, 3.63) is 47.5 Å². The van der Waals surface area contributed by atoms with Crippen LogP contribution in [0.5, 0.6) is 23.0 Å². The molecule has 0 aromatic heterocycles. The highest BCUT2D eigenvalue weighted by atomic mass is 16.5. The highest BCUT2D eigenvalue weighted by Crippen LogP contribution is 2.35. The topological polar surface area (TPSA) is 64.6 Å². The summed E-state index contributed by atoms with van der Waals surface area (Å²) in [5.41, 5.74) is 2.00. The molecule has 0 atom stereocenters. The molecule has 0 amide bonds. The second-order valence-electron chi connectivity index (χ2n) is 6.36. The first kappa shape index (κ1) is 22.2. The fourth-order valence-electron chi connectivity index (χ4n) is 3.01. The van der Waals surface area contributed by atoms with Gasteiger partial charge in [0.25, 0.3) is 0 Å². The van der Waals surface area contributed by atoms with Crippen LogP contribution >= 0.6 is 0 Å². The van der Waals surface area contributed by atoms with Gasteiger partial charge in [-0.25, -0.2) is 4.99 Å². The van der Waals surface area contributed by atoms with Crippen molar-refractivity contribution in [3.63, 3.8) is 0 Å². The van der Waals surface area contributed by atoms with Crippen molar-refractivity contribution in [1.29, 1.82) is 0 Å². The number of benzene rings is 2. The Kier molecular flexibility index (Phi) is 8.45. The van der Waals surface area contributed by atoms with Gasteiger partial charge in [0, 0.05) is 37.3 Å². The third kappa shape index (κ3) is 5.70. The molecule has 0 unspecified atom stereocenters. The second kappa shape index (κ2) is 11.0. The average Bonchev–Trinajstić information content (AvgIpc) is 2.76. The molecule has 2 aromatic carbocycles. The lowest BCUT2D eigenvalue weighted by atomic mass is 10.1. The van der Waals surface area contributed by atoms with E-state index in [2.05, 4.69) is 16.3 Å². The monoisotopic (exact) mass is 401 g/mol. The molecule has 0 aliphatic rings. The SMILES string of the molecule is CCNC(=NCc1cc(OC)c(OC)cc1OC)N(C)Cc1ccccc1OC. The van der Waals surface area contributed by atoms with Crippen LogP contribution in [0.2, 0.25) is 0 Å². The highest BCUT2D eigenvalue weighted by Gasteiger charge is 2.13. The van der Waals surface area contributed by atoms with Crippen molar-refractivity contribution >= 4 is 5.96 Å². The summed E-state index contributed by atoms with van der Waals surface area (Å²) in [5.74, 6) is 3.62. The molecule has 0 saturated carbocycles. The lowest BCUT2D eigenvalue weighted by Gasteiger charge is -2.23. The van der Waals surface area contributed by atoms with Gasteiger partial charge in [-0.05, 0) is 19.1 Å². The first-order valence-electron chi connectivity index (χ1n) is 9.48. The minimum atomic E-state index is 0.433. The number of hydrogen-bond donors (Lipinski definition) is 1. The van der Waals surface area contributed by atoms with Gasteiger partial charge >= 0.3 is 0 Å². The standard InChI is InChI=1S/C22H31N3O4/c1-7-23-22(25(2)15-16-10-8-9-11-18(16)26-3)24-14-17-12-20(28-5)21(29-6)13-19(17)27-4/h8-13H,7,14-15H2,1-6H3,(H,23,24). The number of aliphatic imine (C=N–C) groups is 1. The summed E-state index contributed by atoms with van der Waals surface area (Å²) in [7, 11) is 8.53. The molecule has 0 bridgehead atoms. The summed E-state index contributed by atoms with van der Waals surface area (Å²) in [6.45, 7) is 3.91. The number of rotatable bonds is 9. The Bertz CT molecular complexity index is 824. The number of nitrogens with one attached hydrogen (secondary N) is 1. The van der Waals surface area contributed by atoms with Crippen molar-refractivity contribution < 1.29 is 18.9 Å². The Hall–Kier alpha value is -3.09. The number of nitrogens with zero attached hydrogens (tertiary/aromatic N) is 2. The van der Waals surface area contributed by atoms with Crippen molar-refractivity contribution in [2.24, 2.45) is 4.99 Å². The van der Waals surface area contributed by atoms with Gasteiger partial charge in [-0.15, -0.1) is 0 Å². The fourth-order valence-corrected chi connectivity index (χ4v) is 3.01. The second-order valence-corrected chi connectivity index (χ2v) is 6.36. The van der Waals surface area contributed by atoms with Crippen LogP contribution in [0.4, 0.5) is 0 Å². The molecule has 158 valence electrons. The molecule has 0 radical (unpaired) electrons. The Morgan fingerprint density at radius 3 is 2.10 bits per heavy atom. The number of guanidine groups is 1. The summed E-state index contributed by atoms with van der Waals surface area (Å²) in [4.78, 5) is 6.85. The number of para-hydroxylation sites is 1. The normalized spacial score (nSPS) is 11.0. The molecule has 2 rings (SSSR count). The molecule has 29 heavy (non-hydrogen) atoms. The predicted octanol–water partition coefficient (Wildman–Crippen LogP) is 3.32. The van der Waals surface area contributed by atoms with Crippen LogP contribution in [-0.2, 0) is 13.1 Å². The lowest BCUT2D eigenvalue weighted by Crippen LogP contribution is -2.38. The van der Waals surface area contributed by atoms with E-state index >= 15 is 0 Å². The van der Waals surface area contributed by atoms with E-state index in [9.17, 15) is 0 Å². The van der Waals surface area contributed by atoms with E-state index in [4.69, 9.17) is 23.9 Å². The minimum Gasteiger partial charge on any atom is -0.496 e. The van der Waals surface area contributed by atoms with Gasteiger partial charge in [0.15, 0.2) is 17.5 Å². The van der Waals surface area contributed by atoms with Crippen LogP contribution in [0.15, 0.2) is 41.4 Å². The van der Waals surface area contributed by atoms with E-state index in [1.54, 1.807) is 28.4 Å². The first-order chi connectivity index (χ1) is 14.1. The summed E-state index contributed by atoms with van der Waals surface area (Å²) in [5, 5.41) is 3.34. The smallest absolute Gasteiger partial charge is 0.194 e. The van der Waals surface area contributed by atoms with Crippen molar-refractivity contribution in [2.75, 3.05) is 42.0 Å². The average molecular weight is 402 g/mol. The molecule has 7 nitrogen and oxygen atoms in total. The van der Waals surface area contributed by atoms with Gasteiger partial charge in [-0.1, -0.05) is 18.2 Å². The summed E-state index contributed by atoms with van der Waals surface area (Å²) in [6.07, 6.45) is 0. The van der Waals surface area contributed by atoms with Crippen LogP contribution in [-0.4, -0.2) is 52.9 Å². The van der Waals surface area contributed by atoms with Crippen LogP contribution in [0.3, 0.4) is 0 Å². The van der Waals surface area contributed by atoms with Gasteiger partial charge in [0.05, 0.1) is 35.0 Å². The third-order valence-corrected chi connectivity index (χ3v) is 4.48. The quantitative estimate of drug-likeness (QED) is 0.514. The summed E-state index contributed by atoms with van der Waals surface area (Å²) >= 11 is 0. The fraction of sp³-hybridized carbons (Fsp3) is 0.409. The Morgan fingerprint density at radius 2 is 1.48 bits per heavy atom. The van der Waals surface area contributed by atoms with Gasteiger partial charge in [0.1, 0.15) is 11.5 Å². The molecule has 7 heteroatoms. The Labute approximate surface area is 173 Å². The van der Waals surface area contributed by atoms with Crippen molar-refractivity contribution in [1.82, 2.24) is 10.2 Å². The van der Waals surface area contributed by atoms with Crippen LogP contribution in [0.25, 0.3) is 0 Å². The largest absolute Gasteiger partial charge is 0.496 e. The van der Waals surface area contributed by atoms with Crippen molar-refractivity contribution in [2.45, 2.75) is 20.0 Å². The zero-order valence-electron chi connectivity index (χ0n) is 18.1. The Morgan fingerprint density at radius 1 is 0.862 bits per heavy atom. The predicted molar refractivity (Wildman–Crippen MR) is 115 cm³/mol. The van der Waals surface area contributed by atoms with Crippen LogP contribution < -0.4 is 24.3 Å². The lowest BCUT2D eigenvalue weighted by molar-refractivity contribution is 0.347. The van der Waals surface area contributed by atoms with E-state index < -0.39 is 0 Å². The molecule has 0 saturated heterocycles. The van der Waals surface area contributed by atoms with Crippen molar-refractivity contribution in [3.8, 4) is 23.0 Å². The molecular weight excluding hydrogens is 370 g/mol. The molecule has 2 aromatic rings. The van der Waals surface area contributed by atoms with E-state index in [0.29, 0.717) is 30.3 Å². The highest BCUT2D eigenvalue weighted by molar-refractivity contribution is 5.79. The minimum absolute atomic E-state index is 0.433. The molecule has 0 heterocycles. The van der Waals surface area contributed by atoms with Crippen LogP contribution in [0.1, 0.15) is 18.1 Å². The first-order valence-corrected chi connectivity index (χ1v) is 9.48. The van der Waals surface area contributed by atoms with E-state index in [0.717, 1.165) is 29.4 Å². The zero-order chi connectivity index (χ0) is 21.2. The molecule has 1 N–H and O–H groups in total. The number of hydrogen-bond acceptors (Lipinski definition) is 5. The third-order valence-electron chi connectivity index (χ3n) is 4.48. The van der Waals surface area contributed by atoms with E-state index in [1.165, 1.54) is 0 Å². The zero-order valence-corrected chi connectivity index (χ0v) is 18.1. The molecule has 0 spiro atoms. The maximum absolute atomic E-state index is 5.51. The molecular formula is C22H31N3O4. The molecule has 0 aliphatic heterocycles. The summed E-state index contributed by atoms with van der Waals surface area (Å²) < 4.78 is 21.7. The number of methoxy groups -OCH3 is 4. The maximum atomic E-state index is 5.51. The molecule has 0 aliphatic carbocycles. The van der Waals surface area contributed by atoms with E-state index in [1.807, 2.05) is 44.3 Å². The maximum Gasteiger partial charge on any atom is 0.194 e. The van der Waals surface area contributed by atoms with Crippen LogP contribution in [0, 0.1) is 0 Å². The molecule has 0 fully saturated rings. The Balaban J connectivity index is 2.26. The van der Waals surface area contributed by atoms with Gasteiger partial charge < -0.3 is 29.2 Å². The summed E-state index contributed by atoms with van der Waals surface area (Å²) in [6, 6.07) is 11.7. The van der Waals surface area contributed by atoms with E-state index in [-0.39, 0.29) is 0 Å². The van der Waals surface area contributed by atoms with Gasteiger partial charge in [-0.3, -0.25) is 0 Å². The van der Waals surface area contributed by atoms with Gasteiger partial charge in [0.2, 0.25) is 0 Å². The number of ether oxygens (including phenoxy) is 4. The van der Waals surface area contributed by atoms with Gasteiger partial charge in [-0.2, -0.15) is 0 Å².